The Morgan fingerprint density at radius 2 is 1.92 bits per heavy atom. The van der Waals surface area contributed by atoms with Gasteiger partial charge in [0.1, 0.15) is 5.82 Å². The Balaban J connectivity index is 3.25. The maximum Gasteiger partial charge on any atom is 0.143 e. The van der Waals surface area contributed by atoms with Gasteiger partial charge in [-0.15, -0.1) is 0 Å². The summed E-state index contributed by atoms with van der Waals surface area (Å²) in [4.78, 5) is 0. The molecule has 0 saturated heterocycles. The summed E-state index contributed by atoms with van der Waals surface area (Å²) in [6.45, 7) is -0.665. The quantitative estimate of drug-likeness (QED) is 0.816. The van der Waals surface area contributed by atoms with E-state index in [-0.39, 0.29) is 12.2 Å². The molecule has 0 heterocycles. The number of rotatable bonds is 2. The van der Waals surface area contributed by atoms with Crippen LogP contribution in [0.25, 0.3) is 0 Å². The number of benzene rings is 1. The first-order valence-corrected chi connectivity index (χ1v) is 4.17. The second-order valence-corrected chi connectivity index (χ2v) is 3.17. The number of aliphatic hydroxyl groups excluding tert-OH is 2. The highest BCUT2D eigenvalue weighted by atomic mass is 79.9. The lowest BCUT2D eigenvalue weighted by Gasteiger charge is -2.06. The first kappa shape index (κ1) is 9.64. The Kier molecular flexibility index (Phi) is 3.20. The summed E-state index contributed by atoms with van der Waals surface area (Å²) < 4.78 is 13.4. The molecule has 2 N–H and O–H groups in total. The topological polar surface area (TPSA) is 40.5 Å². The SMILES string of the molecule is OCc1ccc(Br)c(F)c1CO. The molecule has 1 rings (SSSR count). The van der Waals surface area contributed by atoms with E-state index in [2.05, 4.69) is 15.9 Å². The predicted molar refractivity (Wildman–Crippen MR) is 45.9 cm³/mol. The molecule has 0 spiro atoms. The zero-order chi connectivity index (χ0) is 9.14. The minimum Gasteiger partial charge on any atom is -0.392 e. The fourth-order valence-corrected chi connectivity index (χ4v) is 1.32. The monoisotopic (exact) mass is 234 g/mol. The molecule has 0 saturated carbocycles. The molecule has 0 unspecified atom stereocenters. The van der Waals surface area contributed by atoms with E-state index in [4.69, 9.17) is 10.2 Å². The molecule has 0 atom stereocenters. The second kappa shape index (κ2) is 3.98. The van der Waals surface area contributed by atoms with Gasteiger partial charge in [-0.05, 0) is 27.6 Å². The minimum absolute atomic E-state index is 0.145. The lowest BCUT2D eigenvalue weighted by Crippen LogP contribution is -1.98. The van der Waals surface area contributed by atoms with Crippen molar-refractivity contribution in [2.75, 3.05) is 0 Å². The number of hydrogen-bond donors (Lipinski definition) is 2. The summed E-state index contributed by atoms with van der Waals surface area (Å²) in [5.41, 5.74) is 0.560. The minimum atomic E-state index is -0.510. The second-order valence-electron chi connectivity index (χ2n) is 2.32. The van der Waals surface area contributed by atoms with Gasteiger partial charge in [0.15, 0.2) is 0 Å². The molecule has 0 amide bonds. The van der Waals surface area contributed by atoms with E-state index in [1.807, 2.05) is 0 Å². The van der Waals surface area contributed by atoms with Crippen LogP contribution in [0, 0.1) is 5.82 Å². The molecule has 4 heteroatoms. The molecule has 12 heavy (non-hydrogen) atoms. The molecular weight excluding hydrogens is 227 g/mol. The van der Waals surface area contributed by atoms with Crippen molar-refractivity contribution in [2.24, 2.45) is 0 Å². The van der Waals surface area contributed by atoms with Crippen LogP contribution in [0.15, 0.2) is 16.6 Å². The van der Waals surface area contributed by atoms with Gasteiger partial charge in [0, 0.05) is 5.56 Å². The summed E-state index contributed by atoms with van der Waals surface area (Å²) in [6, 6.07) is 3.07. The molecule has 1 aromatic carbocycles. The molecular formula is C8H8BrFO2. The third kappa shape index (κ3) is 1.65. The van der Waals surface area contributed by atoms with Crippen molar-refractivity contribution in [2.45, 2.75) is 13.2 Å². The van der Waals surface area contributed by atoms with Crippen molar-refractivity contribution >= 4 is 15.9 Å². The molecule has 2 nitrogen and oxygen atoms in total. The normalized spacial score (nSPS) is 10.3. The fraction of sp³-hybridized carbons (Fsp3) is 0.250. The fourth-order valence-electron chi connectivity index (χ4n) is 0.952. The van der Waals surface area contributed by atoms with Crippen LogP contribution < -0.4 is 0 Å². The molecule has 0 fully saturated rings. The van der Waals surface area contributed by atoms with E-state index in [9.17, 15) is 4.39 Å². The van der Waals surface area contributed by atoms with Gasteiger partial charge >= 0.3 is 0 Å². The van der Waals surface area contributed by atoms with E-state index >= 15 is 0 Å². The lowest BCUT2D eigenvalue weighted by atomic mass is 10.1. The Hall–Kier alpha value is -0.450. The van der Waals surface area contributed by atoms with E-state index in [1.165, 1.54) is 6.07 Å². The van der Waals surface area contributed by atoms with Crippen molar-refractivity contribution in [3.8, 4) is 0 Å². The van der Waals surface area contributed by atoms with Gasteiger partial charge in [0.25, 0.3) is 0 Å². The van der Waals surface area contributed by atoms with Crippen molar-refractivity contribution in [1.82, 2.24) is 0 Å². The Morgan fingerprint density at radius 1 is 1.25 bits per heavy atom. The third-order valence-corrected chi connectivity index (χ3v) is 2.23. The van der Waals surface area contributed by atoms with Gasteiger partial charge in [0.05, 0.1) is 17.7 Å². The highest BCUT2D eigenvalue weighted by Crippen LogP contribution is 2.22. The van der Waals surface area contributed by atoms with E-state index in [0.717, 1.165) is 0 Å². The number of hydrogen-bond acceptors (Lipinski definition) is 2. The van der Waals surface area contributed by atoms with E-state index in [0.29, 0.717) is 10.0 Å². The molecule has 0 aliphatic rings. The molecule has 66 valence electrons. The maximum atomic E-state index is 13.1. The van der Waals surface area contributed by atoms with Gasteiger partial charge in [0.2, 0.25) is 0 Å². The summed E-state index contributed by atoms with van der Waals surface area (Å²) in [6.07, 6.45) is 0. The van der Waals surface area contributed by atoms with Crippen molar-refractivity contribution in [3.63, 3.8) is 0 Å². The molecule has 0 radical (unpaired) electrons. The lowest BCUT2D eigenvalue weighted by molar-refractivity contribution is 0.255. The zero-order valence-corrected chi connectivity index (χ0v) is 7.81. The maximum absolute atomic E-state index is 13.1. The molecule has 1 aromatic rings. The van der Waals surface area contributed by atoms with Gasteiger partial charge in [-0.3, -0.25) is 0 Å². The van der Waals surface area contributed by atoms with Crippen molar-refractivity contribution < 1.29 is 14.6 Å². The summed E-state index contributed by atoms with van der Waals surface area (Å²) in [5, 5.41) is 17.6. The standard InChI is InChI=1S/C8H8BrFO2/c9-7-2-1-5(3-11)6(4-12)8(7)10/h1-2,11-12H,3-4H2. The van der Waals surface area contributed by atoms with Gasteiger partial charge in [-0.1, -0.05) is 6.07 Å². The van der Waals surface area contributed by atoms with Crippen LogP contribution in [0.4, 0.5) is 4.39 Å². The average Bonchev–Trinajstić information content (AvgIpc) is 2.09. The molecule has 0 bridgehead atoms. The molecule has 0 aliphatic heterocycles. The largest absolute Gasteiger partial charge is 0.392 e. The highest BCUT2D eigenvalue weighted by Gasteiger charge is 2.09. The highest BCUT2D eigenvalue weighted by molar-refractivity contribution is 9.10. The van der Waals surface area contributed by atoms with Crippen LogP contribution in [-0.4, -0.2) is 10.2 Å². The van der Waals surface area contributed by atoms with Crippen LogP contribution >= 0.6 is 15.9 Å². The van der Waals surface area contributed by atoms with Crippen LogP contribution in [0.1, 0.15) is 11.1 Å². The Labute approximate surface area is 77.8 Å². The Morgan fingerprint density at radius 3 is 2.42 bits per heavy atom. The molecule has 0 aromatic heterocycles. The summed E-state index contributed by atoms with van der Waals surface area (Å²) >= 11 is 2.98. The Bertz CT molecular complexity index is 289. The van der Waals surface area contributed by atoms with E-state index in [1.54, 1.807) is 6.07 Å². The van der Waals surface area contributed by atoms with Crippen LogP contribution in [0.5, 0.6) is 0 Å². The molecule has 0 aliphatic carbocycles. The van der Waals surface area contributed by atoms with Gasteiger partial charge < -0.3 is 10.2 Å². The van der Waals surface area contributed by atoms with E-state index < -0.39 is 12.4 Å². The summed E-state index contributed by atoms with van der Waals surface area (Å²) in [5.74, 6) is -0.510. The smallest absolute Gasteiger partial charge is 0.143 e. The third-order valence-electron chi connectivity index (χ3n) is 1.62. The van der Waals surface area contributed by atoms with Gasteiger partial charge in [-0.2, -0.15) is 0 Å². The first-order chi connectivity index (χ1) is 5.70. The van der Waals surface area contributed by atoms with Crippen molar-refractivity contribution in [1.29, 1.82) is 0 Å². The average molecular weight is 235 g/mol. The summed E-state index contributed by atoms with van der Waals surface area (Å²) in [7, 11) is 0. The van der Waals surface area contributed by atoms with Crippen LogP contribution in [-0.2, 0) is 13.2 Å². The van der Waals surface area contributed by atoms with Crippen LogP contribution in [0.2, 0.25) is 0 Å². The number of aliphatic hydroxyl groups is 2. The number of halogens is 2. The van der Waals surface area contributed by atoms with Crippen molar-refractivity contribution in [3.05, 3.63) is 33.5 Å². The van der Waals surface area contributed by atoms with Crippen LogP contribution in [0.3, 0.4) is 0 Å². The zero-order valence-electron chi connectivity index (χ0n) is 6.22. The van der Waals surface area contributed by atoms with Gasteiger partial charge in [-0.25, -0.2) is 4.39 Å². The first-order valence-electron chi connectivity index (χ1n) is 3.38. The predicted octanol–water partition coefficient (Wildman–Crippen LogP) is 1.57.